The van der Waals surface area contributed by atoms with Crippen molar-refractivity contribution in [1.82, 2.24) is 18.7 Å². The Kier molecular flexibility index (Phi) is 6.74. The summed E-state index contributed by atoms with van der Waals surface area (Å²) in [5.74, 6) is 0.185. The number of carbonyl (C=O) groups excluding carboxylic acids is 1. The van der Waals surface area contributed by atoms with Crippen LogP contribution in [0.25, 0.3) is 11.2 Å². The summed E-state index contributed by atoms with van der Waals surface area (Å²) in [5.41, 5.74) is 2.10. The van der Waals surface area contributed by atoms with Crippen molar-refractivity contribution < 1.29 is 9.53 Å². The molecule has 0 bridgehead atoms. The Hall–Kier alpha value is -3.20. The van der Waals surface area contributed by atoms with E-state index in [0.29, 0.717) is 48.8 Å². The van der Waals surface area contributed by atoms with Crippen LogP contribution >= 0.6 is 0 Å². The third kappa shape index (κ3) is 4.32. The zero-order valence-corrected chi connectivity index (χ0v) is 18.7. The highest BCUT2D eigenvalue weighted by atomic mass is 16.5. The number of anilines is 1. The van der Waals surface area contributed by atoms with Crippen LogP contribution in [0.2, 0.25) is 0 Å². The molecule has 0 atom stereocenters. The Labute approximate surface area is 180 Å². The molecule has 0 aliphatic carbocycles. The third-order valence-corrected chi connectivity index (χ3v) is 5.32. The summed E-state index contributed by atoms with van der Waals surface area (Å²) in [6, 6.07) is 5.70. The van der Waals surface area contributed by atoms with Crippen molar-refractivity contribution in [2.75, 3.05) is 19.0 Å². The quantitative estimate of drug-likeness (QED) is 0.593. The van der Waals surface area contributed by atoms with Crippen molar-refractivity contribution in [3.8, 4) is 0 Å². The molecule has 1 N–H and O–H groups in total. The summed E-state index contributed by atoms with van der Waals surface area (Å²) in [6.45, 7) is 8.36. The van der Waals surface area contributed by atoms with Crippen LogP contribution in [-0.2, 0) is 29.2 Å². The Morgan fingerprint density at radius 2 is 1.74 bits per heavy atom. The normalized spacial score (nSPS) is 11.3. The van der Waals surface area contributed by atoms with Gasteiger partial charge in [0, 0.05) is 25.9 Å². The number of nitrogens with zero attached hydrogens (tertiary/aromatic N) is 4. The molecule has 2 heterocycles. The van der Waals surface area contributed by atoms with E-state index in [9.17, 15) is 14.4 Å². The van der Waals surface area contributed by atoms with E-state index in [0.717, 1.165) is 15.7 Å². The molecule has 0 radical (unpaired) electrons. The average Bonchev–Trinajstić information content (AvgIpc) is 3.05. The first kappa shape index (κ1) is 22.5. The van der Waals surface area contributed by atoms with Crippen LogP contribution in [0.15, 0.2) is 27.8 Å². The van der Waals surface area contributed by atoms with Gasteiger partial charge in [0.15, 0.2) is 11.2 Å². The number of hydrogen-bond donors (Lipinski definition) is 1. The van der Waals surface area contributed by atoms with E-state index in [-0.39, 0.29) is 6.54 Å². The van der Waals surface area contributed by atoms with Gasteiger partial charge in [-0.25, -0.2) is 14.3 Å². The molecule has 0 aliphatic rings. The van der Waals surface area contributed by atoms with Gasteiger partial charge < -0.3 is 14.6 Å². The van der Waals surface area contributed by atoms with E-state index in [1.165, 1.54) is 4.57 Å². The van der Waals surface area contributed by atoms with E-state index in [1.807, 2.05) is 39.0 Å². The van der Waals surface area contributed by atoms with E-state index in [4.69, 9.17) is 4.74 Å². The summed E-state index contributed by atoms with van der Waals surface area (Å²) in [7, 11) is 1.58. The lowest BCUT2D eigenvalue weighted by molar-refractivity contribution is -0.116. The zero-order valence-electron chi connectivity index (χ0n) is 18.7. The first-order chi connectivity index (χ1) is 14.8. The minimum atomic E-state index is -0.535. The van der Waals surface area contributed by atoms with Crippen molar-refractivity contribution in [2.45, 2.75) is 53.8 Å². The molecule has 0 fully saturated rings. The number of imidazole rings is 1. The molecular formula is C22H29N5O4. The highest BCUT2D eigenvalue weighted by Gasteiger charge is 2.21. The van der Waals surface area contributed by atoms with Crippen LogP contribution < -0.4 is 16.6 Å². The van der Waals surface area contributed by atoms with Crippen LogP contribution in [0.3, 0.4) is 0 Å². The lowest BCUT2D eigenvalue weighted by Gasteiger charge is -2.14. The van der Waals surface area contributed by atoms with Crippen LogP contribution in [0.1, 0.15) is 30.3 Å². The van der Waals surface area contributed by atoms with E-state index >= 15 is 0 Å². The SMILES string of the molecule is CCCn1c(=O)n(CC(=O)Nc2c(C)cccc2C)c(=O)c2c1nc(C)n2CCOC. The van der Waals surface area contributed by atoms with Gasteiger partial charge >= 0.3 is 5.69 Å². The standard InChI is InChI=1S/C22H29N5O4/c1-6-10-26-20-19(25(11-12-31-5)16(4)23-20)21(29)27(22(26)30)13-17(28)24-18-14(2)8-7-9-15(18)3/h7-9H,6,10-13H2,1-5H3,(H,24,28). The second-order valence-corrected chi connectivity index (χ2v) is 7.62. The molecule has 0 unspecified atom stereocenters. The minimum Gasteiger partial charge on any atom is -0.383 e. The van der Waals surface area contributed by atoms with Crippen molar-refractivity contribution in [3.05, 3.63) is 56.0 Å². The Morgan fingerprint density at radius 3 is 2.35 bits per heavy atom. The molecule has 166 valence electrons. The third-order valence-electron chi connectivity index (χ3n) is 5.32. The summed E-state index contributed by atoms with van der Waals surface area (Å²) in [6.07, 6.45) is 0.686. The number of fused-ring (bicyclic) bond motifs is 1. The van der Waals surface area contributed by atoms with Gasteiger partial charge in [-0.1, -0.05) is 25.1 Å². The number of nitrogens with one attached hydrogen (secondary N) is 1. The summed E-state index contributed by atoms with van der Waals surface area (Å²) in [5, 5.41) is 2.85. The molecule has 9 nitrogen and oxygen atoms in total. The van der Waals surface area contributed by atoms with Gasteiger partial charge in [-0.05, 0) is 38.3 Å². The summed E-state index contributed by atoms with van der Waals surface area (Å²) < 4.78 is 9.36. The predicted octanol–water partition coefficient (Wildman–Crippen LogP) is 1.98. The van der Waals surface area contributed by atoms with Crippen molar-refractivity contribution in [2.24, 2.45) is 0 Å². The second kappa shape index (κ2) is 9.30. The van der Waals surface area contributed by atoms with Crippen LogP contribution in [0.5, 0.6) is 0 Å². The number of aryl methyl sites for hydroxylation is 4. The van der Waals surface area contributed by atoms with Crippen molar-refractivity contribution >= 4 is 22.8 Å². The van der Waals surface area contributed by atoms with E-state index < -0.39 is 17.2 Å². The molecule has 1 aromatic carbocycles. The zero-order chi connectivity index (χ0) is 22.7. The van der Waals surface area contributed by atoms with Gasteiger partial charge in [-0.3, -0.25) is 14.2 Å². The molecule has 0 saturated carbocycles. The van der Waals surface area contributed by atoms with Gasteiger partial charge in [0.05, 0.1) is 6.61 Å². The topological polar surface area (TPSA) is 100 Å². The number of amides is 1. The monoisotopic (exact) mass is 427 g/mol. The predicted molar refractivity (Wildman–Crippen MR) is 120 cm³/mol. The van der Waals surface area contributed by atoms with Crippen molar-refractivity contribution in [1.29, 1.82) is 0 Å². The molecule has 0 aliphatic heterocycles. The van der Waals surface area contributed by atoms with Gasteiger partial charge in [-0.2, -0.15) is 0 Å². The number of benzene rings is 1. The smallest absolute Gasteiger partial charge is 0.333 e. The van der Waals surface area contributed by atoms with E-state index in [1.54, 1.807) is 18.6 Å². The van der Waals surface area contributed by atoms with Crippen LogP contribution in [0, 0.1) is 20.8 Å². The largest absolute Gasteiger partial charge is 0.383 e. The minimum absolute atomic E-state index is 0.308. The molecule has 3 rings (SSSR count). The van der Waals surface area contributed by atoms with E-state index in [2.05, 4.69) is 10.3 Å². The molecule has 2 aromatic heterocycles. The maximum Gasteiger partial charge on any atom is 0.333 e. The number of methoxy groups -OCH3 is 1. The Balaban J connectivity index is 2.10. The molecule has 1 amide bonds. The number of ether oxygens (including phenoxy) is 1. The fourth-order valence-corrected chi connectivity index (χ4v) is 3.75. The number of hydrogen-bond acceptors (Lipinski definition) is 5. The number of carbonyl (C=O) groups is 1. The van der Waals surface area contributed by atoms with Crippen LogP contribution in [0.4, 0.5) is 5.69 Å². The second-order valence-electron chi connectivity index (χ2n) is 7.62. The number of rotatable bonds is 8. The average molecular weight is 428 g/mol. The Morgan fingerprint density at radius 1 is 1.06 bits per heavy atom. The van der Waals surface area contributed by atoms with Crippen molar-refractivity contribution in [3.63, 3.8) is 0 Å². The fourth-order valence-electron chi connectivity index (χ4n) is 3.75. The van der Waals surface area contributed by atoms with Gasteiger partial charge in [0.2, 0.25) is 5.91 Å². The lowest BCUT2D eigenvalue weighted by Crippen LogP contribution is -2.43. The maximum absolute atomic E-state index is 13.3. The summed E-state index contributed by atoms with van der Waals surface area (Å²) in [4.78, 5) is 43.7. The maximum atomic E-state index is 13.3. The van der Waals surface area contributed by atoms with Gasteiger partial charge in [0.1, 0.15) is 12.4 Å². The van der Waals surface area contributed by atoms with Crippen LogP contribution in [-0.4, -0.2) is 38.3 Å². The molecule has 9 heteroatoms. The molecule has 0 saturated heterocycles. The fraction of sp³-hybridized carbons (Fsp3) is 0.455. The molecule has 31 heavy (non-hydrogen) atoms. The lowest BCUT2D eigenvalue weighted by atomic mass is 10.1. The van der Waals surface area contributed by atoms with Gasteiger partial charge in [-0.15, -0.1) is 0 Å². The first-order valence-corrected chi connectivity index (χ1v) is 10.4. The molecule has 3 aromatic rings. The highest BCUT2D eigenvalue weighted by molar-refractivity contribution is 5.92. The van der Waals surface area contributed by atoms with Gasteiger partial charge in [0.25, 0.3) is 5.56 Å². The number of aromatic nitrogens is 4. The summed E-state index contributed by atoms with van der Waals surface area (Å²) >= 11 is 0. The molecular weight excluding hydrogens is 398 g/mol. The number of para-hydroxylation sites is 1. The Bertz CT molecular complexity index is 1220. The molecule has 0 spiro atoms. The highest BCUT2D eigenvalue weighted by Crippen LogP contribution is 2.19. The first-order valence-electron chi connectivity index (χ1n) is 10.4.